The second kappa shape index (κ2) is 5.51. The maximum Gasteiger partial charge on any atom is 0.325 e. The molecule has 0 saturated carbocycles. The predicted octanol–water partition coefficient (Wildman–Crippen LogP) is 2.49. The van der Waals surface area contributed by atoms with Crippen LogP contribution in [0.4, 0.5) is 4.79 Å². The average molecular weight is 272 g/mol. The molecule has 1 heterocycles. The van der Waals surface area contributed by atoms with Crippen molar-refractivity contribution in [2.24, 2.45) is 5.41 Å². The highest BCUT2D eigenvalue weighted by molar-refractivity contribution is 7.99. The molecule has 1 fully saturated rings. The largest absolute Gasteiger partial charge is 0.325 e. The van der Waals surface area contributed by atoms with Crippen LogP contribution in [0.5, 0.6) is 0 Å². The van der Waals surface area contributed by atoms with Crippen LogP contribution in [0.1, 0.15) is 41.0 Å². The number of nitrogens with one attached hydrogen (secondary N) is 1. The van der Waals surface area contributed by atoms with Crippen LogP contribution in [0.25, 0.3) is 0 Å². The first kappa shape index (κ1) is 15.3. The molecule has 0 aromatic rings. The molecule has 3 amide bonds. The number of nitrogens with zero attached hydrogens (tertiary/aromatic N) is 1. The highest BCUT2D eigenvalue weighted by atomic mass is 32.2. The summed E-state index contributed by atoms with van der Waals surface area (Å²) in [5.41, 5.74) is -1.07. The number of urea groups is 1. The summed E-state index contributed by atoms with van der Waals surface area (Å²) in [6.07, 6.45) is 0.859. The number of carbonyl (C=O) groups is 2. The Balaban J connectivity index is 2.68. The summed E-state index contributed by atoms with van der Waals surface area (Å²) in [6.45, 7) is 10.4. The van der Waals surface area contributed by atoms with E-state index in [2.05, 4.69) is 12.2 Å². The Bertz CT molecular complexity index is 338. The first-order valence-electron chi connectivity index (χ1n) is 6.46. The fourth-order valence-electron chi connectivity index (χ4n) is 1.88. The molecular formula is C13H24N2O2S. The number of imide groups is 1. The Kier molecular flexibility index (Phi) is 4.70. The third kappa shape index (κ3) is 2.82. The fraction of sp³-hybridized carbons (Fsp3) is 0.846. The lowest BCUT2D eigenvalue weighted by Gasteiger charge is -2.35. The third-order valence-electron chi connectivity index (χ3n) is 3.65. The van der Waals surface area contributed by atoms with Gasteiger partial charge in [-0.2, -0.15) is 11.8 Å². The minimum Gasteiger partial charge on any atom is -0.323 e. The molecule has 1 aliphatic rings. The van der Waals surface area contributed by atoms with E-state index in [0.29, 0.717) is 6.54 Å². The van der Waals surface area contributed by atoms with Crippen LogP contribution in [0.2, 0.25) is 0 Å². The normalized spacial score (nSPS) is 24.6. The molecular weight excluding hydrogens is 248 g/mol. The summed E-state index contributed by atoms with van der Waals surface area (Å²) in [6, 6.07) is -0.251. The Hall–Kier alpha value is -0.710. The number of carbonyl (C=O) groups excluding carboxylic acids is 2. The molecule has 0 aromatic heterocycles. The van der Waals surface area contributed by atoms with E-state index in [4.69, 9.17) is 0 Å². The number of amides is 3. The summed E-state index contributed by atoms with van der Waals surface area (Å²) in [5, 5.41) is 2.84. The first-order valence-corrected chi connectivity index (χ1v) is 7.61. The lowest BCUT2D eigenvalue weighted by molar-refractivity contribution is -0.134. The van der Waals surface area contributed by atoms with Gasteiger partial charge < -0.3 is 5.32 Å². The predicted molar refractivity (Wildman–Crippen MR) is 75.7 cm³/mol. The van der Waals surface area contributed by atoms with E-state index in [1.165, 1.54) is 4.90 Å². The van der Waals surface area contributed by atoms with Gasteiger partial charge in [-0.25, -0.2) is 4.79 Å². The van der Waals surface area contributed by atoms with Gasteiger partial charge in [0.2, 0.25) is 0 Å². The minimum absolute atomic E-state index is 0.0958. The zero-order chi connectivity index (χ0) is 14.0. The van der Waals surface area contributed by atoms with Crippen molar-refractivity contribution in [1.82, 2.24) is 10.2 Å². The van der Waals surface area contributed by atoms with Crippen LogP contribution < -0.4 is 5.32 Å². The molecule has 0 radical (unpaired) electrons. The number of rotatable bonds is 5. The van der Waals surface area contributed by atoms with Crippen LogP contribution in [-0.2, 0) is 4.79 Å². The van der Waals surface area contributed by atoms with Crippen molar-refractivity contribution in [3.8, 4) is 0 Å². The van der Waals surface area contributed by atoms with Crippen molar-refractivity contribution in [1.29, 1.82) is 0 Å². The van der Waals surface area contributed by atoms with E-state index < -0.39 is 5.54 Å². The second-order valence-corrected chi connectivity index (χ2v) is 7.21. The van der Waals surface area contributed by atoms with Crippen molar-refractivity contribution in [3.05, 3.63) is 0 Å². The topological polar surface area (TPSA) is 49.4 Å². The summed E-state index contributed by atoms with van der Waals surface area (Å²) in [5.74, 6) is 1.96. The maximum absolute atomic E-state index is 12.4. The Morgan fingerprint density at radius 3 is 2.39 bits per heavy atom. The number of hydrogen-bond acceptors (Lipinski definition) is 3. The van der Waals surface area contributed by atoms with Crippen LogP contribution >= 0.6 is 11.8 Å². The highest BCUT2D eigenvalue weighted by Crippen LogP contribution is 2.35. The Morgan fingerprint density at radius 2 is 1.94 bits per heavy atom. The monoisotopic (exact) mass is 272 g/mol. The lowest BCUT2D eigenvalue weighted by atomic mass is 9.75. The van der Waals surface area contributed by atoms with Gasteiger partial charge in [-0.3, -0.25) is 9.69 Å². The van der Waals surface area contributed by atoms with Crippen molar-refractivity contribution in [2.75, 3.05) is 18.1 Å². The van der Waals surface area contributed by atoms with Crippen molar-refractivity contribution >= 4 is 23.7 Å². The molecule has 0 bridgehead atoms. The quantitative estimate of drug-likeness (QED) is 0.618. The van der Waals surface area contributed by atoms with Gasteiger partial charge in [0, 0.05) is 6.54 Å². The molecule has 1 saturated heterocycles. The summed E-state index contributed by atoms with van der Waals surface area (Å²) in [7, 11) is 0. The van der Waals surface area contributed by atoms with E-state index in [1.807, 2.05) is 39.5 Å². The van der Waals surface area contributed by atoms with Gasteiger partial charge in [0.25, 0.3) is 5.91 Å². The fourth-order valence-corrected chi connectivity index (χ4v) is 2.50. The summed E-state index contributed by atoms with van der Waals surface area (Å²) >= 11 is 1.83. The molecule has 0 spiro atoms. The van der Waals surface area contributed by atoms with Crippen LogP contribution in [0.15, 0.2) is 0 Å². The van der Waals surface area contributed by atoms with Crippen molar-refractivity contribution in [2.45, 2.75) is 46.6 Å². The van der Waals surface area contributed by atoms with Crippen molar-refractivity contribution < 1.29 is 9.59 Å². The number of hydrogen-bond donors (Lipinski definition) is 1. The van der Waals surface area contributed by atoms with Gasteiger partial charge >= 0.3 is 6.03 Å². The average Bonchev–Trinajstić information content (AvgIpc) is 2.47. The number of thioether (sulfide) groups is 1. The minimum atomic E-state index is -0.790. The lowest BCUT2D eigenvalue weighted by Crippen LogP contribution is -2.54. The molecule has 5 heteroatoms. The molecule has 1 rings (SSSR count). The first-order chi connectivity index (χ1) is 8.24. The van der Waals surface area contributed by atoms with Gasteiger partial charge in [0.15, 0.2) is 0 Å². The van der Waals surface area contributed by atoms with Crippen LogP contribution in [0, 0.1) is 5.41 Å². The third-order valence-corrected chi connectivity index (χ3v) is 4.64. The molecule has 4 nitrogen and oxygen atoms in total. The Labute approximate surface area is 114 Å². The van der Waals surface area contributed by atoms with Gasteiger partial charge in [-0.15, -0.1) is 0 Å². The summed E-state index contributed by atoms with van der Waals surface area (Å²) in [4.78, 5) is 25.6. The molecule has 0 aromatic carbocycles. The van der Waals surface area contributed by atoms with E-state index in [-0.39, 0.29) is 17.4 Å². The second-order valence-electron chi connectivity index (χ2n) is 5.81. The Morgan fingerprint density at radius 1 is 1.33 bits per heavy atom. The molecule has 1 atom stereocenters. The molecule has 18 heavy (non-hydrogen) atoms. The van der Waals surface area contributed by atoms with Gasteiger partial charge in [0.1, 0.15) is 5.54 Å². The van der Waals surface area contributed by atoms with Crippen LogP contribution in [-0.4, -0.2) is 40.4 Å². The van der Waals surface area contributed by atoms with Gasteiger partial charge in [-0.05, 0) is 30.3 Å². The van der Waals surface area contributed by atoms with Gasteiger partial charge in [0.05, 0.1) is 0 Å². The molecule has 1 N–H and O–H groups in total. The maximum atomic E-state index is 12.4. The van der Waals surface area contributed by atoms with Crippen LogP contribution in [0.3, 0.4) is 0 Å². The summed E-state index contributed by atoms with van der Waals surface area (Å²) < 4.78 is 0. The zero-order valence-electron chi connectivity index (χ0n) is 12.0. The van der Waals surface area contributed by atoms with E-state index in [0.717, 1.165) is 17.9 Å². The molecule has 104 valence electrons. The molecule has 0 aliphatic carbocycles. The highest BCUT2D eigenvalue weighted by Gasteiger charge is 2.54. The SMILES string of the molecule is CCSCCCN1C(=O)N[C@@](C)(C(C)(C)C)C1=O. The molecule has 0 unspecified atom stereocenters. The van der Waals surface area contributed by atoms with Gasteiger partial charge in [-0.1, -0.05) is 27.7 Å². The van der Waals surface area contributed by atoms with E-state index >= 15 is 0 Å². The standard InChI is InChI=1S/C13H24N2O2S/c1-6-18-9-7-8-15-10(16)13(5,12(2,3)4)14-11(15)17/h6-9H2,1-5H3,(H,14,17)/t13-/m1/s1. The van der Waals surface area contributed by atoms with Crippen molar-refractivity contribution in [3.63, 3.8) is 0 Å². The van der Waals surface area contributed by atoms with E-state index in [1.54, 1.807) is 0 Å². The molecule has 1 aliphatic heterocycles. The zero-order valence-corrected chi connectivity index (χ0v) is 12.8. The smallest absolute Gasteiger partial charge is 0.323 e. The van der Waals surface area contributed by atoms with E-state index in [9.17, 15) is 9.59 Å².